The van der Waals surface area contributed by atoms with E-state index in [9.17, 15) is 4.79 Å². The summed E-state index contributed by atoms with van der Waals surface area (Å²) in [5.41, 5.74) is 1.01. The molecule has 0 aliphatic heterocycles. The lowest BCUT2D eigenvalue weighted by molar-refractivity contribution is -0.144. The smallest absolute Gasteiger partial charge is 0.310 e. The Morgan fingerprint density at radius 2 is 2.35 bits per heavy atom. The number of esters is 1. The van der Waals surface area contributed by atoms with E-state index < -0.39 is 0 Å². The topological polar surface area (TPSA) is 66.8 Å². The molecule has 0 fully saturated rings. The van der Waals surface area contributed by atoms with E-state index in [1.54, 1.807) is 18.4 Å². The van der Waals surface area contributed by atoms with Gasteiger partial charge in [0, 0.05) is 26.0 Å². The van der Waals surface area contributed by atoms with Gasteiger partial charge in [-0.25, -0.2) is 4.98 Å². The number of nitrogens with one attached hydrogen (secondary N) is 1. The van der Waals surface area contributed by atoms with E-state index in [4.69, 9.17) is 4.74 Å². The molecular formula is C13H22N4O2S. The van der Waals surface area contributed by atoms with Crippen molar-refractivity contribution >= 4 is 23.3 Å². The molecule has 0 aliphatic rings. The van der Waals surface area contributed by atoms with Gasteiger partial charge >= 0.3 is 5.97 Å². The molecular weight excluding hydrogens is 276 g/mol. The van der Waals surface area contributed by atoms with E-state index in [1.165, 1.54) is 7.11 Å². The first kappa shape index (κ1) is 16.4. The number of hydrogen-bond acceptors (Lipinski definition) is 5. The van der Waals surface area contributed by atoms with E-state index >= 15 is 0 Å². The Hall–Kier alpha value is -1.63. The van der Waals surface area contributed by atoms with Crippen LogP contribution >= 0.6 is 11.3 Å². The van der Waals surface area contributed by atoms with Gasteiger partial charge in [-0.1, -0.05) is 6.92 Å². The summed E-state index contributed by atoms with van der Waals surface area (Å²) < 4.78 is 4.70. The molecule has 6 nitrogen and oxygen atoms in total. The molecule has 1 aromatic heterocycles. The highest BCUT2D eigenvalue weighted by molar-refractivity contribution is 7.09. The van der Waals surface area contributed by atoms with Gasteiger partial charge in [-0.2, -0.15) is 0 Å². The van der Waals surface area contributed by atoms with Gasteiger partial charge in [-0.3, -0.25) is 9.79 Å². The second kappa shape index (κ2) is 7.84. The van der Waals surface area contributed by atoms with Crippen molar-refractivity contribution < 1.29 is 9.53 Å². The number of ether oxygens (including phenoxy) is 1. The minimum absolute atomic E-state index is 0.216. The molecule has 1 aromatic rings. The second-order valence-electron chi connectivity index (χ2n) is 4.57. The maximum atomic E-state index is 11.4. The molecule has 1 N–H and O–H groups in total. The highest BCUT2D eigenvalue weighted by atomic mass is 32.1. The van der Waals surface area contributed by atoms with E-state index in [1.807, 2.05) is 31.2 Å². The maximum Gasteiger partial charge on any atom is 0.310 e. The number of methoxy groups -OCH3 is 1. The molecule has 0 aromatic carbocycles. The number of aromatic nitrogens is 1. The third-order valence-electron chi connectivity index (χ3n) is 2.81. The van der Waals surface area contributed by atoms with Crippen molar-refractivity contribution in [3.63, 3.8) is 0 Å². The minimum atomic E-state index is -0.231. The molecule has 0 amide bonds. The molecule has 1 unspecified atom stereocenters. The second-order valence-corrected chi connectivity index (χ2v) is 5.63. The number of carbonyl (C=O) groups excluding carboxylic acids is 1. The molecule has 7 heteroatoms. The molecule has 20 heavy (non-hydrogen) atoms. The van der Waals surface area contributed by atoms with Gasteiger partial charge in [0.2, 0.25) is 0 Å². The third kappa shape index (κ3) is 4.80. The van der Waals surface area contributed by atoms with Crippen LogP contribution in [0.15, 0.2) is 10.4 Å². The Morgan fingerprint density at radius 1 is 1.65 bits per heavy atom. The van der Waals surface area contributed by atoms with Crippen molar-refractivity contribution in [2.45, 2.75) is 20.4 Å². The molecule has 0 radical (unpaired) electrons. The van der Waals surface area contributed by atoms with Crippen molar-refractivity contribution in [3.05, 3.63) is 16.1 Å². The van der Waals surface area contributed by atoms with E-state index in [0.717, 1.165) is 16.7 Å². The van der Waals surface area contributed by atoms with Gasteiger partial charge in [0.05, 0.1) is 30.3 Å². The Kier molecular flexibility index (Phi) is 6.44. The highest BCUT2D eigenvalue weighted by Gasteiger charge is 2.15. The van der Waals surface area contributed by atoms with Gasteiger partial charge < -0.3 is 15.0 Å². The molecule has 0 bridgehead atoms. The van der Waals surface area contributed by atoms with Crippen LogP contribution in [0.2, 0.25) is 0 Å². The number of guanidine groups is 1. The number of hydrogen-bond donors (Lipinski definition) is 1. The Balaban J connectivity index is 2.51. The number of aliphatic imine (C=N–C) groups is 1. The molecule has 0 spiro atoms. The SMILES string of the molecule is CN=C(NCC(C)C(=O)OC)N(C)Cc1csc(C)n1. The first-order valence-corrected chi connectivity index (χ1v) is 7.26. The summed E-state index contributed by atoms with van der Waals surface area (Å²) in [4.78, 5) is 21.9. The predicted octanol–water partition coefficient (Wildman–Crippen LogP) is 1.27. The predicted molar refractivity (Wildman–Crippen MR) is 80.9 cm³/mol. The average molecular weight is 298 g/mol. The standard InChI is InChI=1S/C13H22N4O2S/c1-9(12(18)19-5)6-15-13(14-3)17(4)7-11-8-20-10(2)16-11/h8-9H,6-7H2,1-5H3,(H,14,15). The summed E-state index contributed by atoms with van der Waals surface area (Å²) in [5, 5.41) is 6.25. The summed E-state index contributed by atoms with van der Waals surface area (Å²) >= 11 is 1.63. The Morgan fingerprint density at radius 3 is 2.85 bits per heavy atom. The molecule has 0 aliphatic carbocycles. The van der Waals surface area contributed by atoms with Crippen LogP contribution in [0, 0.1) is 12.8 Å². The van der Waals surface area contributed by atoms with Gasteiger partial charge in [-0.05, 0) is 6.92 Å². The highest BCUT2D eigenvalue weighted by Crippen LogP contribution is 2.09. The fraction of sp³-hybridized carbons (Fsp3) is 0.615. The summed E-state index contributed by atoms with van der Waals surface area (Å²) in [5.74, 6) is 0.281. The zero-order chi connectivity index (χ0) is 15.1. The van der Waals surface area contributed by atoms with Crippen LogP contribution in [-0.2, 0) is 16.1 Å². The molecule has 0 saturated carbocycles. The van der Waals surface area contributed by atoms with E-state index in [0.29, 0.717) is 13.1 Å². The Bertz CT molecular complexity index is 473. The van der Waals surface area contributed by atoms with Crippen LogP contribution in [0.1, 0.15) is 17.6 Å². The van der Waals surface area contributed by atoms with Crippen LogP contribution in [0.3, 0.4) is 0 Å². The van der Waals surface area contributed by atoms with Crippen molar-refractivity contribution in [2.75, 3.05) is 27.7 Å². The van der Waals surface area contributed by atoms with Crippen LogP contribution < -0.4 is 5.32 Å². The van der Waals surface area contributed by atoms with Crippen molar-refractivity contribution in [2.24, 2.45) is 10.9 Å². The fourth-order valence-corrected chi connectivity index (χ4v) is 2.32. The molecule has 1 heterocycles. The zero-order valence-corrected chi connectivity index (χ0v) is 13.5. The van der Waals surface area contributed by atoms with Gasteiger partial charge in [-0.15, -0.1) is 11.3 Å². The van der Waals surface area contributed by atoms with Crippen molar-refractivity contribution in [1.82, 2.24) is 15.2 Å². The minimum Gasteiger partial charge on any atom is -0.469 e. The first-order valence-electron chi connectivity index (χ1n) is 6.38. The molecule has 1 atom stereocenters. The summed E-state index contributed by atoms with van der Waals surface area (Å²) in [6, 6.07) is 0. The third-order valence-corrected chi connectivity index (χ3v) is 3.63. The number of thiazole rings is 1. The van der Waals surface area contributed by atoms with Gasteiger partial charge in [0.25, 0.3) is 0 Å². The average Bonchev–Trinajstić information content (AvgIpc) is 2.83. The molecule has 0 saturated heterocycles. The summed E-state index contributed by atoms with van der Waals surface area (Å²) in [6.45, 7) is 4.96. The van der Waals surface area contributed by atoms with Crippen LogP contribution in [-0.4, -0.2) is 49.6 Å². The molecule has 1 rings (SSSR count). The first-order chi connectivity index (χ1) is 9.47. The number of nitrogens with zero attached hydrogens (tertiary/aromatic N) is 3. The van der Waals surface area contributed by atoms with Crippen molar-refractivity contribution in [3.8, 4) is 0 Å². The Labute approximate surface area is 123 Å². The number of carbonyl (C=O) groups is 1. The summed E-state index contributed by atoms with van der Waals surface area (Å²) in [6.07, 6.45) is 0. The lowest BCUT2D eigenvalue weighted by atomic mass is 10.2. The van der Waals surface area contributed by atoms with Gasteiger partial charge in [0.1, 0.15) is 0 Å². The van der Waals surface area contributed by atoms with Crippen molar-refractivity contribution in [1.29, 1.82) is 0 Å². The zero-order valence-electron chi connectivity index (χ0n) is 12.6. The quantitative estimate of drug-likeness (QED) is 0.504. The number of aryl methyl sites for hydroxylation is 1. The largest absolute Gasteiger partial charge is 0.469 e. The lowest BCUT2D eigenvalue weighted by Gasteiger charge is -2.22. The van der Waals surface area contributed by atoms with E-state index in [2.05, 4.69) is 15.3 Å². The molecule has 112 valence electrons. The maximum absolute atomic E-state index is 11.4. The monoisotopic (exact) mass is 298 g/mol. The van der Waals surface area contributed by atoms with E-state index in [-0.39, 0.29) is 11.9 Å². The van der Waals surface area contributed by atoms with Crippen LogP contribution in [0.4, 0.5) is 0 Å². The lowest BCUT2D eigenvalue weighted by Crippen LogP contribution is -2.41. The van der Waals surface area contributed by atoms with Crippen LogP contribution in [0.25, 0.3) is 0 Å². The van der Waals surface area contributed by atoms with Crippen LogP contribution in [0.5, 0.6) is 0 Å². The normalized spacial score (nSPS) is 12.9. The van der Waals surface area contributed by atoms with Gasteiger partial charge in [0.15, 0.2) is 5.96 Å². The number of rotatable bonds is 5. The summed E-state index contributed by atoms with van der Waals surface area (Å²) in [7, 11) is 5.05. The fourth-order valence-electron chi connectivity index (χ4n) is 1.71.